The lowest BCUT2D eigenvalue weighted by atomic mass is 10.0. The van der Waals surface area contributed by atoms with Gasteiger partial charge in [-0.05, 0) is 18.9 Å². The van der Waals surface area contributed by atoms with Gasteiger partial charge in [-0.2, -0.15) is 0 Å². The highest BCUT2D eigenvalue weighted by Gasteiger charge is 2.30. The average molecular weight is 249 g/mol. The molecule has 3 unspecified atom stereocenters. The Labute approximate surface area is 107 Å². The molecule has 0 aliphatic carbocycles. The van der Waals surface area contributed by atoms with Gasteiger partial charge in [0.15, 0.2) is 0 Å². The van der Waals surface area contributed by atoms with Crippen molar-refractivity contribution in [1.29, 1.82) is 0 Å². The fourth-order valence-corrected chi connectivity index (χ4v) is 2.23. The quantitative estimate of drug-likeness (QED) is 0.825. The predicted octanol–water partition coefficient (Wildman–Crippen LogP) is 1.67. The normalized spacial score (nSPS) is 24.8. The zero-order valence-corrected chi connectivity index (χ0v) is 10.8. The summed E-state index contributed by atoms with van der Waals surface area (Å²) in [5.74, 6) is -0.264. The van der Waals surface area contributed by atoms with Gasteiger partial charge >= 0.3 is 5.97 Å². The van der Waals surface area contributed by atoms with Crippen molar-refractivity contribution in [2.45, 2.75) is 31.5 Å². The van der Waals surface area contributed by atoms with Crippen LogP contribution in [0.4, 0.5) is 0 Å². The number of benzene rings is 1. The third-order valence-corrected chi connectivity index (χ3v) is 3.33. The molecule has 4 heteroatoms. The van der Waals surface area contributed by atoms with Crippen LogP contribution in [0.15, 0.2) is 30.3 Å². The highest BCUT2D eigenvalue weighted by Crippen LogP contribution is 2.20. The average Bonchev–Trinajstić information content (AvgIpc) is 2.81. The minimum absolute atomic E-state index is 0.126. The zero-order valence-electron chi connectivity index (χ0n) is 10.8. The van der Waals surface area contributed by atoms with Crippen molar-refractivity contribution in [3.05, 3.63) is 35.9 Å². The Morgan fingerprint density at radius 3 is 2.72 bits per heavy atom. The van der Waals surface area contributed by atoms with Crippen LogP contribution in [0.1, 0.15) is 24.9 Å². The van der Waals surface area contributed by atoms with Crippen molar-refractivity contribution in [2.24, 2.45) is 0 Å². The first-order chi connectivity index (χ1) is 8.72. The van der Waals surface area contributed by atoms with Crippen LogP contribution in [0.3, 0.4) is 0 Å². The van der Waals surface area contributed by atoms with Gasteiger partial charge in [0.05, 0.1) is 13.2 Å². The van der Waals surface area contributed by atoms with Gasteiger partial charge in [-0.1, -0.05) is 30.3 Å². The number of ether oxygens (including phenoxy) is 2. The van der Waals surface area contributed by atoms with E-state index in [1.807, 2.05) is 37.3 Å². The van der Waals surface area contributed by atoms with Crippen LogP contribution in [-0.4, -0.2) is 31.8 Å². The molecule has 3 atom stereocenters. The molecule has 18 heavy (non-hydrogen) atoms. The predicted molar refractivity (Wildman–Crippen MR) is 68.2 cm³/mol. The summed E-state index contributed by atoms with van der Waals surface area (Å²) in [6.45, 7) is 2.76. The fraction of sp³-hybridized carbons (Fsp3) is 0.500. The van der Waals surface area contributed by atoms with Gasteiger partial charge in [0.1, 0.15) is 6.04 Å². The molecular weight excluding hydrogens is 230 g/mol. The van der Waals surface area contributed by atoms with Crippen molar-refractivity contribution in [3.8, 4) is 0 Å². The minimum atomic E-state index is -0.426. The van der Waals surface area contributed by atoms with Crippen LogP contribution < -0.4 is 5.32 Å². The maximum atomic E-state index is 11.9. The Kier molecular flexibility index (Phi) is 4.33. The van der Waals surface area contributed by atoms with Gasteiger partial charge < -0.3 is 9.47 Å². The number of hydrogen-bond donors (Lipinski definition) is 1. The van der Waals surface area contributed by atoms with Crippen LogP contribution in [0.2, 0.25) is 0 Å². The molecule has 4 nitrogen and oxygen atoms in total. The van der Waals surface area contributed by atoms with Gasteiger partial charge in [-0.3, -0.25) is 5.32 Å². The molecule has 0 saturated carbocycles. The highest BCUT2D eigenvalue weighted by molar-refractivity contribution is 5.77. The van der Waals surface area contributed by atoms with Gasteiger partial charge in [-0.15, -0.1) is 0 Å². The summed E-state index contributed by atoms with van der Waals surface area (Å²) >= 11 is 0. The van der Waals surface area contributed by atoms with Crippen molar-refractivity contribution < 1.29 is 14.3 Å². The largest absolute Gasteiger partial charge is 0.468 e. The number of methoxy groups -OCH3 is 1. The number of hydrogen-bond acceptors (Lipinski definition) is 4. The Morgan fingerprint density at radius 1 is 1.44 bits per heavy atom. The van der Waals surface area contributed by atoms with E-state index in [0.717, 1.165) is 18.6 Å². The third kappa shape index (κ3) is 2.89. The standard InChI is InChI=1S/C14H19NO3/c1-10-12(8-9-18-10)15-13(14(16)17-2)11-6-4-3-5-7-11/h3-7,10,12-13,15H,8-9H2,1-2H3. The van der Waals surface area contributed by atoms with E-state index in [2.05, 4.69) is 5.32 Å². The summed E-state index contributed by atoms with van der Waals surface area (Å²) in [5, 5.41) is 3.33. The summed E-state index contributed by atoms with van der Waals surface area (Å²) in [6.07, 6.45) is 1.04. The smallest absolute Gasteiger partial charge is 0.327 e. The van der Waals surface area contributed by atoms with E-state index in [4.69, 9.17) is 9.47 Å². The van der Waals surface area contributed by atoms with Gasteiger partial charge in [0.25, 0.3) is 0 Å². The van der Waals surface area contributed by atoms with E-state index < -0.39 is 6.04 Å². The summed E-state index contributed by atoms with van der Waals surface area (Å²) in [5.41, 5.74) is 0.920. The minimum Gasteiger partial charge on any atom is -0.468 e. The molecule has 1 fully saturated rings. The molecule has 1 aromatic rings. The fourth-order valence-electron chi connectivity index (χ4n) is 2.23. The molecule has 1 aliphatic heterocycles. The maximum absolute atomic E-state index is 11.9. The molecule has 0 aromatic heterocycles. The lowest BCUT2D eigenvalue weighted by Gasteiger charge is -2.23. The molecule has 0 amide bonds. The maximum Gasteiger partial charge on any atom is 0.327 e. The first-order valence-electron chi connectivity index (χ1n) is 6.23. The molecule has 1 aromatic carbocycles. The first kappa shape index (κ1) is 13.1. The third-order valence-electron chi connectivity index (χ3n) is 3.33. The molecule has 98 valence electrons. The Balaban J connectivity index is 2.13. The van der Waals surface area contributed by atoms with Crippen molar-refractivity contribution in [2.75, 3.05) is 13.7 Å². The topological polar surface area (TPSA) is 47.6 Å². The van der Waals surface area contributed by atoms with Crippen LogP contribution in [0, 0.1) is 0 Å². The molecule has 2 rings (SSSR count). The van der Waals surface area contributed by atoms with E-state index >= 15 is 0 Å². The van der Waals surface area contributed by atoms with Crippen molar-refractivity contribution >= 4 is 5.97 Å². The second-order valence-electron chi connectivity index (χ2n) is 4.50. The summed E-state index contributed by atoms with van der Waals surface area (Å²) in [4.78, 5) is 11.9. The van der Waals surface area contributed by atoms with Gasteiger partial charge in [-0.25, -0.2) is 4.79 Å². The van der Waals surface area contributed by atoms with Crippen LogP contribution in [0.25, 0.3) is 0 Å². The highest BCUT2D eigenvalue weighted by atomic mass is 16.5. The van der Waals surface area contributed by atoms with Crippen LogP contribution in [-0.2, 0) is 14.3 Å². The van der Waals surface area contributed by atoms with E-state index in [0.29, 0.717) is 0 Å². The molecule has 1 aliphatic rings. The van der Waals surface area contributed by atoms with Gasteiger partial charge in [0.2, 0.25) is 0 Å². The molecule has 1 saturated heterocycles. The summed E-state index contributed by atoms with van der Waals surface area (Å²) in [6, 6.07) is 9.38. The molecule has 1 heterocycles. The lowest BCUT2D eigenvalue weighted by molar-refractivity contribution is -0.143. The molecular formula is C14H19NO3. The molecule has 0 bridgehead atoms. The van der Waals surface area contributed by atoms with Crippen LogP contribution in [0.5, 0.6) is 0 Å². The monoisotopic (exact) mass is 249 g/mol. The van der Waals surface area contributed by atoms with Crippen molar-refractivity contribution in [1.82, 2.24) is 5.32 Å². The van der Waals surface area contributed by atoms with E-state index in [-0.39, 0.29) is 18.1 Å². The Morgan fingerprint density at radius 2 is 2.17 bits per heavy atom. The summed E-state index contributed by atoms with van der Waals surface area (Å²) < 4.78 is 10.4. The molecule has 0 spiro atoms. The number of esters is 1. The second kappa shape index (κ2) is 5.98. The number of carbonyl (C=O) groups is 1. The Hall–Kier alpha value is -1.39. The molecule has 0 radical (unpaired) electrons. The van der Waals surface area contributed by atoms with Crippen molar-refractivity contribution in [3.63, 3.8) is 0 Å². The van der Waals surface area contributed by atoms with E-state index in [1.165, 1.54) is 7.11 Å². The summed E-state index contributed by atoms with van der Waals surface area (Å²) in [7, 11) is 1.41. The second-order valence-corrected chi connectivity index (χ2v) is 4.50. The SMILES string of the molecule is COC(=O)C(NC1CCOC1C)c1ccccc1. The van der Waals surface area contributed by atoms with Crippen LogP contribution >= 0.6 is 0 Å². The number of rotatable bonds is 4. The van der Waals surface area contributed by atoms with E-state index in [1.54, 1.807) is 0 Å². The zero-order chi connectivity index (χ0) is 13.0. The molecule has 1 N–H and O–H groups in total. The lowest BCUT2D eigenvalue weighted by Crippen LogP contribution is -2.41. The Bertz CT molecular complexity index is 393. The first-order valence-corrected chi connectivity index (χ1v) is 6.23. The van der Waals surface area contributed by atoms with Gasteiger partial charge in [0, 0.05) is 12.6 Å². The number of nitrogens with one attached hydrogen (secondary N) is 1. The van der Waals surface area contributed by atoms with E-state index in [9.17, 15) is 4.79 Å². The number of carbonyl (C=O) groups excluding carboxylic acids is 1.